The molecule has 24 rings (SSSR count). The first-order valence-electron chi connectivity index (χ1n) is 35.5. The highest BCUT2D eigenvalue weighted by atomic mass is 32.2. The van der Waals surface area contributed by atoms with Crippen LogP contribution in [0.1, 0.15) is 0 Å². The van der Waals surface area contributed by atoms with Crippen LogP contribution in [0.15, 0.2) is 311 Å². The Kier molecular flexibility index (Phi) is 11.5. The Balaban J connectivity index is 0.742. The van der Waals surface area contributed by atoms with Gasteiger partial charge in [-0.25, -0.2) is 0 Å². The maximum absolute atomic E-state index is 7.67. The Bertz CT molecular complexity index is 6850. The highest BCUT2D eigenvalue weighted by molar-refractivity contribution is 8.00. The quantitative estimate of drug-likeness (QED) is 0.128. The van der Waals surface area contributed by atoms with E-state index in [9.17, 15) is 0 Å². The van der Waals surface area contributed by atoms with Crippen LogP contribution < -0.4 is 78.1 Å². The van der Waals surface area contributed by atoms with Crippen LogP contribution in [0.25, 0.3) is 99.2 Å². The van der Waals surface area contributed by atoms with Crippen molar-refractivity contribution in [1.82, 2.24) is 0 Å². The number of benzene rings is 15. The van der Waals surface area contributed by atoms with Gasteiger partial charge in [-0.3, -0.25) is 4.31 Å². The van der Waals surface area contributed by atoms with Gasteiger partial charge in [0, 0.05) is 118 Å². The number of nitrogens with zero attached hydrogens (tertiary/aromatic N) is 3. The van der Waals surface area contributed by atoms with E-state index in [2.05, 4.69) is 299 Å². The van der Waals surface area contributed by atoms with Gasteiger partial charge in [0.15, 0.2) is 0 Å². The van der Waals surface area contributed by atoms with Crippen LogP contribution in [0.2, 0.25) is 0 Å². The first-order chi connectivity index (χ1) is 51.5. The summed E-state index contributed by atoms with van der Waals surface area (Å²) in [6.07, 6.45) is 2.20. The Morgan fingerprint density at radius 2 is 0.712 bits per heavy atom. The molecule has 15 aromatic carbocycles. The number of ether oxygens (including phenoxy) is 2. The number of para-hydroxylation sites is 10. The molecule has 0 radical (unpaired) electrons. The summed E-state index contributed by atoms with van der Waals surface area (Å²) >= 11 is 1.72. The van der Waals surface area contributed by atoms with Crippen molar-refractivity contribution in [3.05, 3.63) is 297 Å². The van der Waals surface area contributed by atoms with Crippen LogP contribution in [0, 0.1) is 0 Å². The van der Waals surface area contributed by atoms with E-state index >= 15 is 0 Å². The summed E-state index contributed by atoms with van der Waals surface area (Å²) in [5, 5.41) is 10.6. The van der Waals surface area contributed by atoms with Crippen molar-refractivity contribution >= 4 is 204 Å². The van der Waals surface area contributed by atoms with Gasteiger partial charge < -0.3 is 37.8 Å². The molecule has 13 heteroatoms. The van der Waals surface area contributed by atoms with E-state index < -0.39 is 0 Å². The van der Waals surface area contributed by atoms with Gasteiger partial charge in [0.05, 0.1) is 11.4 Å². The smallest absolute Gasteiger partial charge is 0.260 e. The maximum atomic E-state index is 7.67. The SMILES string of the molecule is CSN1c2cc3c(cc2B2c4ccccc4N(c4ccccc4)c4cc(-c5cccc6c5oc5ccccc56)cc1c42)B1c2cc4c(cc2Oc2cc(-c5cccc6c5oc5ccccc56)cc(c21)O3)Nc1cc(-c2cccc3c2oc2ccccc23)cc2c1B4c1ccccc1N2c1ccccc1. The largest absolute Gasteiger partial charge is 0.458 e. The van der Waals surface area contributed by atoms with Crippen molar-refractivity contribution in [3.8, 4) is 56.4 Å². The topological polar surface area (TPSA) is 79.6 Å². The van der Waals surface area contributed by atoms with Crippen molar-refractivity contribution in [2.45, 2.75) is 0 Å². The zero-order chi connectivity index (χ0) is 67.7. The van der Waals surface area contributed by atoms with E-state index in [1.165, 1.54) is 32.8 Å². The third kappa shape index (κ3) is 7.77. The summed E-state index contributed by atoms with van der Waals surface area (Å²) in [6, 6.07) is 108. The molecule has 0 saturated heterocycles. The fourth-order valence-corrected chi connectivity index (χ4v) is 19.2. The molecule has 0 bridgehead atoms. The molecule has 0 aliphatic carbocycles. The number of hydrogen-bond acceptors (Lipinski definition) is 10. The molecule has 0 saturated carbocycles. The third-order valence-corrected chi connectivity index (χ3v) is 23.6. The Morgan fingerprint density at radius 1 is 0.288 bits per heavy atom. The number of fused-ring (bicyclic) bond motifs is 21. The zero-order valence-electron chi connectivity index (χ0n) is 55.8. The van der Waals surface area contributed by atoms with Gasteiger partial charge in [-0.15, -0.1) is 0 Å². The lowest BCUT2D eigenvalue weighted by Gasteiger charge is -2.44. The second-order valence-corrected chi connectivity index (χ2v) is 28.8. The molecule has 18 aromatic rings. The lowest BCUT2D eigenvalue weighted by molar-refractivity contribution is 0.465. The zero-order valence-corrected chi connectivity index (χ0v) is 56.6. The number of hydrogen-bond donors (Lipinski definition) is 1. The van der Waals surface area contributed by atoms with Gasteiger partial charge in [0.2, 0.25) is 0 Å². The summed E-state index contributed by atoms with van der Waals surface area (Å²) < 4.78 is 38.2. The Labute approximate surface area is 602 Å². The summed E-state index contributed by atoms with van der Waals surface area (Å²) in [5.74, 6) is 3.04. The predicted octanol–water partition coefficient (Wildman–Crippen LogP) is 18.5. The van der Waals surface area contributed by atoms with Crippen LogP contribution in [0.4, 0.5) is 56.9 Å². The minimum absolute atomic E-state index is 0.177. The summed E-state index contributed by atoms with van der Waals surface area (Å²) in [6.45, 7) is -0.689. The molecule has 0 fully saturated rings. The maximum Gasteiger partial charge on any atom is 0.260 e. The van der Waals surface area contributed by atoms with E-state index in [1.54, 1.807) is 11.9 Å². The van der Waals surface area contributed by atoms with E-state index in [0.29, 0.717) is 0 Å². The molecule has 482 valence electrons. The molecular weight excluding hydrogens is 1290 g/mol. The van der Waals surface area contributed by atoms with Gasteiger partial charge in [-0.05, 0) is 163 Å². The van der Waals surface area contributed by atoms with Crippen molar-refractivity contribution in [1.29, 1.82) is 0 Å². The molecule has 6 aliphatic rings. The summed E-state index contributed by atoms with van der Waals surface area (Å²) in [4.78, 5) is 4.93. The molecule has 3 aromatic heterocycles. The lowest BCUT2D eigenvalue weighted by Crippen LogP contribution is -2.64. The van der Waals surface area contributed by atoms with Gasteiger partial charge in [-0.2, -0.15) is 0 Å². The van der Waals surface area contributed by atoms with Gasteiger partial charge in [-0.1, -0.05) is 194 Å². The number of nitrogens with one attached hydrogen (secondary N) is 1. The van der Waals surface area contributed by atoms with Crippen LogP contribution in [-0.4, -0.2) is 26.4 Å². The van der Waals surface area contributed by atoms with Crippen molar-refractivity contribution in [2.24, 2.45) is 0 Å². The Hall–Kier alpha value is -13.0. The molecule has 0 unspecified atom stereocenters. The van der Waals surface area contributed by atoms with Crippen molar-refractivity contribution < 1.29 is 22.7 Å². The minimum Gasteiger partial charge on any atom is -0.458 e. The van der Waals surface area contributed by atoms with Crippen LogP contribution in [0.3, 0.4) is 0 Å². The molecular formula is C91H53B3N4O5S. The summed E-state index contributed by atoms with van der Waals surface area (Å²) in [7, 11) is 0. The fourth-order valence-electron chi connectivity index (χ4n) is 18.5. The first-order valence-corrected chi connectivity index (χ1v) is 36.7. The van der Waals surface area contributed by atoms with Crippen LogP contribution >= 0.6 is 11.9 Å². The standard InChI is InChI=1S/C91H53B3N4O5S/c1-104-98-75-50-83-70(48-68(75)93-66-35-12-14-37-74(66)97(55-23-6-3-7-24-55)77-43-52(44-78(98)87(77)93)57-29-19-32-63-60-26-9-16-39-80(60)102-90(57)63)94-69-47-67-71(49-82(69)99-84-45-53(46-85(100-83)88(84)94)58-30-20-33-64-61-27-10-17-40-81(61)103-91(58)64)95-72-41-51(56-28-18-31-62-59-25-8-15-38-79(59)101-89(56)62)42-76-86(72)92(67)65-34-11-13-36-73(65)96(76)54-21-4-2-5-22-54/h2-50,95H,1H3. The van der Waals surface area contributed by atoms with Crippen LogP contribution in [-0.2, 0) is 0 Å². The van der Waals surface area contributed by atoms with Crippen LogP contribution in [0.5, 0.6) is 23.0 Å². The fraction of sp³-hybridized carbons (Fsp3) is 0.0110. The van der Waals surface area contributed by atoms with E-state index in [1.807, 2.05) is 24.3 Å². The number of rotatable bonds is 6. The molecule has 0 amide bonds. The minimum atomic E-state index is -0.332. The monoisotopic (exact) mass is 1350 g/mol. The molecule has 0 spiro atoms. The van der Waals surface area contributed by atoms with E-state index in [0.717, 1.165) is 195 Å². The van der Waals surface area contributed by atoms with E-state index in [4.69, 9.17) is 22.7 Å². The van der Waals surface area contributed by atoms with Gasteiger partial charge in [0.25, 0.3) is 20.1 Å². The molecule has 1 N–H and O–H groups in total. The van der Waals surface area contributed by atoms with Crippen molar-refractivity contribution in [2.75, 3.05) is 25.7 Å². The van der Waals surface area contributed by atoms with Gasteiger partial charge >= 0.3 is 0 Å². The highest BCUT2D eigenvalue weighted by Crippen LogP contribution is 2.51. The Morgan fingerprint density at radius 3 is 1.25 bits per heavy atom. The first kappa shape index (κ1) is 56.8. The van der Waals surface area contributed by atoms with E-state index in [-0.39, 0.29) is 20.1 Å². The molecule has 0 atom stereocenters. The average molecular weight is 1350 g/mol. The number of furan rings is 3. The third-order valence-electron chi connectivity index (χ3n) is 22.8. The predicted molar refractivity (Wildman–Crippen MR) is 433 cm³/mol. The van der Waals surface area contributed by atoms with Crippen molar-refractivity contribution in [3.63, 3.8) is 0 Å². The molecule has 9 heterocycles. The lowest BCUT2D eigenvalue weighted by atomic mass is 9.29. The molecule has 104 heavy (non-hydrogen) atoms. The summed E-state index contributed by atoms with van der Waals surface area (Å²) in [5.41, 5.74) is 32.4. The molecule has 9 nitrogen and oxygen atoms in total. The second-order valence-electron chi connectivity index (χ2n) is 28.1. The van der Waals surface area contributed by atoms with Gasteiger partial charge in [0.1, 0.15) is 56.5 Å². The number of anilines is 10. The second kappa shape index (κ2) is 21.1. The highest BCUT2D eigenvalue weighted by Gasteiger charge is 2.49. The normalized spacial score (nSPS) is 13.8. The average Bonchev–Trinajstić information content (AvgIpc) is 1.48. The molecule has 6 aliphatic heterocycles.